The Kier molecular flexibility index (Phi) is 10.2. The molecule has 2 unspecified atom stereocenters. The van der Waals surface area contributed by atoms with E-state index in [4.69, 9.17) is 4.42 Å². The molecule has 0 spiro atoms. The van der Waals surface area contributed by atoms with Crippen molar-refractivity contribution in [3.8, 4) is 22.3 Å². The lowest BCUT2D eigenvalue weighted by molar-refractivity contribution is 0.195. The number of hydrogen-bond acceptors (Lipinski definition) is 4. The summed E-state index contributed by atoms with van der Waals surface area (Å²) >= 11 is 0. The van der Waals surface area contributed by atoms with E-state index in [1.165, 1.54) is 114 Å². The Balaban J connectivity index is 1.05. The Hall–Kier alpha value is -7.76. The van der Waals surface area contributed by atoms with Crippen LogP contribution in [0.3, 0.4) is 0 Å². The number of rotatable bonds is 5. The van der Waals surface area contributed by atoms with Gasteiger partial charge in [-0.2, -0.15) is 0 Å². The lowest BCUT2D eigenvalue weighted by Crippen LogP contribution is -2.61. The van der Waals surface area contributed by atoms with E-state index in [1.807, 2.05) is 0 Å². The number of fused-ring (bicyclic) bond motifs is 10. The minimum atomic E-state index is -0.134. The molecule has 0 bridgehead atoms. The summed E-state index contributed by atoms with van der Waals surface area (Å²) in [4.78, 5) is 8.00. The van der Waals surface area contributed by atoms with Gasteiger partial charge in [0, 0.05) is 61.6 Å². The lowest BCUT2D eigenvalue weighted by atomic mass is 9.33. The van der Waals surface area contributed by atoms with Gasteiger partial charge in [0.05, 0.1) is 11.2 Å². The molecule has 0 saturated heterocycles. The molecule has 76 heavy (non-hydrogen) atoms. The topological polar surface area (TPSA) is 22.9 Å². The van der Waals surface area contributed by atoms with Gasteiger partial charge in [-0.15, -0.1) is 0 Å². The van der Waals surface area contributed by atoms with Crippen molar-refractivity contribution in [1.82, 2.24) is 0 Å². The summed E-state index contributed by atoms with van der Waals surface area (Å²) in [5, 5.41) is 2.26. The van der Waals surface area contributed by atoms with Gasteiger partial charge in [-0.3, -0.25) is 0 Å². The summed E-state index contributed by atoms with van der Waals surface area (Å²) in [6.45, 7) is 21.4. The third-order valence-electron chi connectivity index (χ3n) is 18.3. The maximum absolute atomic E-state index is 6.46. The van der Waals surface area contributed by atoms with Crippen molar-refractivity contribution in [3.05, 3.63) is 210 Å². The Morgan fingerprint density at radius 3 is 1.82 bits per heavy atom. The van der Waals surface area contributed by atoms with E-state index in [2.05, 4.69) is 265 Å². The Morgan fingerprint density at radius 1 is 0.461 bits per heavy atom. The first kappa shape index (κ1) is 46.8. The number of furan rings is 1. The molecule has 10 aromatic rings. The van der Waals surface area contributed by atoms with Crippen LogP contribution in [0.4, 0.5) is 45.5 Å². The minimum absolute atomic E-state index is 0.0338. The first-order chi connectivity index (χ1) is 36.6. The highest BCUT2D eigenvalue weighted by Crippen LogP contribution is 2.62. The van der Waals surface area contributed by atoms with E-state index in [0.29, 0.717) is 0 Å². The molecule has 0 amide bonds. The molecule has 1 fully saturated rings. The number of anilines is 8. The molecule has 2 atom stereocenters. The third-order valence-corrected chi connectivity index (χ3v) is 18.3. The standard InChI is InChI=1S/C71H66BN3O/c1-45-38-63-67-64(39-45)74(59-34-28-49(68(2,3)4)41-54(59)47-22-14-11-15-23-47)62-44-52(75-60-33-26-48(46-20-12-10-13-21-46)40-56(60)70(8)36-18-19-37-71(70,75)9)29-32-58(62)72(67)57-31-27-50(69(5,6)7)42-61(57)73(63)51-30-35-66-55(43-51)53-24-16-17-25-65(53)76-66/h10-17,20-35,38-44H,18-19,36-37H2,1-9H3. The van der Waals surface area contributed by atoms with Crippen LogP contribution in [0.1, 0.15) is 103 Å². The summed E-state index contributed by atoms with van der Waals surface area (Å²) in [6, 6.07) is 71.8. The van der Waals surface area contributed by atoms with E-state index in [9.17, 15) is 0 Å². The molecule has 1 saturated carbocycles. The molecule has 1 aliphatic carbocycles. The van der Waals surface area contributed by atoms with Crippen LogP contribution in [0.5, 0.6) is 0 Å². The van der Waals surface area contributed by atoms with Crippen LogP contribution in [0.15, 0.2) is 192 Å². The largest absolute Gasteiger partial charge is 0.456 e. The Bertz CT molecular complexity index is 3990. The monoisotopic (exact) mass is 988 g/mol. The molecule has 0 N–H and O–H groups in total. The molecule has 0 radical (unpaired) electrons. The second kappa shape index (κ2) is 16.6. The number of benzene rings is 9. The van der Waals surface area contributed by atoms with E-state index < -0.39 is 0 Å². The maximum atomic E-state index is 6.46. The lowest BCUT2D eigenvalue weighted by Gasteiger charge is -2.50. The van der Waals surface area contributed by atoms with Crippen molar-refractivity contribution < 1.29 is 4.42 Å². The van der Waals surface area contributed by atoms with Crippen LogP contribution >= 0.6 is 0 Å². The van der Waals surface area contributed by atoms with Gasteiger partial charge in [-0.05, 0) is 172 Å². The quantitative estimate of drug-likeness (QED) is 0.160. The predicted molar refractivity (Wildman–Crippen MR) is 324 cm³/mol. The fraction of sp³-hybridized carbons (Fsp3) is 0.239. The van der Waals surface area contributed by atoms with Crippen molar-refractivity contribution in [3.63, 3.8) is 0 Å². The third kappa shape index (κ3) is 6.89. The number of hydrogen-bond donors (Lipinski definition) is 0. The molecule has 1 aromatic heterocycles. The van der Waals surface area contributed by atoms with Gasteiger partial charge in [0.15, 0.2) is 0 Å². The van der Waals surface area contributed by atoms with Crippen LogP contribution in [-0.2, 0) is 16.2 Å². The highest BCUT2D eigenvalue weighted by molar-refractivity contribution is 7.00. The van der Waals surface area contributed by atoms with Crippen LogP contribution in [0.2, 0.25) is 0 Å². The minimum Gasteiger partial charge on any atom is -0.456 e. The van der Waals surface area contributed by atoms with Gasteiger partial charge >= 0.3 is 0 Å². The highest BCUT2D eigenvalue weighted by atomic mass is 16.3. The first-order valence-corrected chi connectivity index (χ1v) is 27.7. The average Bonchev–Trinajstić information content (AvgIpc) is 3.89. The maximum Gasteiger partial charge on any atom is 0.252 e. The fourth-order valence-electron chi connectivity index (χ4n) is 14.1. The van der Waals surface area contributed by atoms with Gasteiger partial charge in [0.1, 0.15) is 11.2 Å². The van der Waals surface area contributed by atoms with Crippen LogP contribution in [-0.4, -0.2) is 12.3 Å². The molecular formula is C71H66BN3O. The number of para-hydroxylation sites is 1. The van der Waals surface area contributed by atoms with Gasteiger partial charge in [0.25, 0.3) is 6.71 Å². The summed E-state index contributed by atoms with van der Waals surface area (Å²) in [7, 11) is 0. The smallest absolute Gasteiger partial charge is 0.252 e. The summed E-state index contributed by atoms with van der Waals surface area (Å²) in [5.74, 6) is 0. The predicted octanol–water partition coefficient (Wildman–Crippen LogP) is 17.6. The summed E-state index contributed by atoms with van der Waals surface area (Å²) in [6.07, 6.45) is 4.73. The summed E-state index contributed by atoms with van der Waals surface area (Å²) < 4.78 is 6.46. The first-order valence-electron chi connectivity index (χ1n) is 27.7. The van der Waals surface area contributed by atoms with Crippen LogP contribution in [0.25, 0.3) is 44.2 Å². The van der Waals surface area contributed by atoms with E-state index >= 15 is 0 Å². The van der Waals surface area contributed by atoms with Crippen molar-refractivity contribution in [2.75, 3.05) is 14.7 Å². The van der Waals surface area contributed by atoms with Crippen molar-refractivity contribution in [2.24, 2.45) is 0 Å². The van der Waals surface area contributed by atoms with Gasteiger partial charge in [-0.1, -0.05) is 171 Å². The Morgan fingerprint density at radius 2 is 1.07 bits per heavy atom. The second-order valence-electron chi connectivity index (χ2n) is 25.0. The van der Waals surface area contributed by atoms with E-state index in [1.54, 1.807) is 0 Å². The molecule has 4 aliphatic rings. The zero-order valence-electron chi connectivity index (χ0n) is 45.6. The number of aryl methyl sites for hydroxylation is 1. The van der Waals surface area contributed by atoms with Crippen LogP contribution in [0, 0.1) is 6.92 Å². The van der Waals surface area contributed by atoms with E-state index in [-0.39, 0.29) is 28.5 Å². The van der Waals surface area contributed by atoms with Gasteiger partial charge in [-0.25, -0.2) is 0 Å². The van der Waals surface area contributed by atoms with Crippen molar-refractivity contribution >= 4 is 90.5 Å². The summed E-state index contributed by atoms with van der Waals surface area (Å²) in [5.41, 5.74) is 25.6. The molecule has 9 aromatic carbocycles. The zero-order chi connectivity index (χ0) is 52.0. The van der Waals surface area contributed by atoms with Gasteiger partial charge in [0.2, 0.25) is 0 Å². The molecule has 5 heteroatoms. The molecular weight excluding hydrogens is 922 g/mol. The molecule has 14 rings (SSSR count). The van der Waals surface area contributed by atoms with E-state index in [0.717, 1.165) is 40.5 Å². The average molecular weight is 988 g/mol. The second-order valence-corrected chi connectivity index (χ2v) is 25.0. The molecule has 3 aliphatic heterocycles. The SMILES string of the molecule is Cc1cc2c3c(c1)N(c1ccc(C(C)(C)C)cc1-c1ccccc1)c1cc(N4c5ccc(-c6ccccc6)cc5C5(C)CCCCC45C)ccc1B3c1ccc(C(C)(C)C)cc1N2c1ccc2oc3ccccc3c2c1. The van der Waals surface area contributed by atoms with Crippen molar-refractivity contribution in [2.45, 2.75) is 110 Å². The van der Waals surface area contributed by atoms with Crippen molar-refractivity contribution in [1.29, 1.82) is 0 Å². The zero-order valence-corrected chi connectivity index (χ0v) is 45.6. The van der Waals surface area contributed by atoms with Gasteiger partial charge < -0.3 is 19.1 Å². The molecule has 374 valence electrons. The normalized spacial score (nSPS) is 18.6. The van der Waals surface area contributed by atoms with Crippen LogP contribution < -0.4 is 31.1 Å². The Labute approximate surface area is 449 Å². The molecule has 4 heterocycles. The highest BCUT2D eigenvalue weighted by Gasteiger charge is 2.58. The fourth-order valence-corrected chi connectivity index (χ4v) is 14.1. The number of nitrogens with zero attached hydrogens (tertiary/aromatic N) is 3. The molecule has 4 nitrogen and oxygen atoms in total.